The van der Waals surface area contributed by atoms with Crippen molar-refractivity contribution in [2.45, 2.75) is 46.1 Å². The Morgan fingerprint density at radius 3 is 2.81 bits per heavy atom. The van der Waals surface area contributed by atoms with Crippen molar-refractivity contribution in [2.75, 3.05) is 0 Å². The molecule has 86 valence electrons. The Kier molecular flexibility index (Phi) is 2.04. The molecule has 2 aliphatic carbocycles. The number of fused-ring (bicyclic) bond motifs is 1. The van der Waals surface area contributed by atoms with E-state index in [1.165, 1.54) is 18.5 Å². The molecule has 2 aliphatic rings. The number of carbonyl (C=O) groups is 1. The van der Waals surface area contributed by atoms with Crippen LogP contribution in [0.3, 0.4) is 0 Å². The van der Waals surface area contributed by atoms with Crippen LogP contribution in [0.2, 0.25) is 0 Å². The number of hydrogen-bond donors (Lipinski definition) is 0. The molecule has 0 radical (unpaired) electrons. The summed E-state index contributed by atoms with van der Waals surface area (Å²) in [5, 5.41) is 0. The first-order valence-electron chi connectivity index (χ1n) is 6.26. The maximum Gasteiger partial charge on any atom is 0.165 e. The third kappa shape index (κ3) is 1.70. The van der Waals surface area contributed by atoms with Crippen LogP contribution in [0.25, 0.3) is 0 Å². The summed E-state index contributed by atoms with van der Waals surface area (Å²) < 4.78 is 2.33. The van der Waals surface area contributed by atoms with Gasteiger partial charge >= 0.3 is 0 Å². The molecule has 1 heterocycles. The lowest BCUT2D eigenvalue weighted by Crippen LogP contribution is -2.28. The highest BCUT2D eigenvalue weighted by molar-refractivity contribution is 5.98. The summed E-state index contributed by atoms with van der Waals surface area (Å²) in [6.07, 6.45) is 6.60. The van der Waals surface area contributed by atoms with Gasteiger partial charge in [-0.3, -0.25) is 4.79 Å². The van der Waals surface area contributed by atoms with Crippen LogP contribution in [0.4, 0.5) is 0 Å². The SMILES string of the molecule is CC1(C)CC(=O)c2ccn(CC3CC3)c2C1. The summed E-state index contributed by atoms with van der Waals surface area (Å²) in [5.41, 5.74) is 2.41. The Bertz CT molecular complexity index is 438. The minimum absolute atomic E-state index is 0.143. The number of hydrogen-bond acceptors (Lipinski definition) is 1. The lowest BCUT2D eigenvalue weighted by atomic mass is 9.76. The van der Waals surface area contributed by atoms with Gasteiger partial charge in [0, 0.05) is 30.4 Å². The smallest absolute Gasteiger partial charge is 0.165 e. The highest BCUT2D eigenvalue weighted by atomic mass is 16.1. The van der Waals surface area contributed by atoms with Gasteiger partial charge < -0.3 is 4.57 Å². The number of aromatic nitrogens is 1. The van der Waals surface area contributed by atoms with Crippen molar-refractivity contribution in [1.29, 1.82) is 0 Å². The van der Waals surface area contributed by atoms with Gasteiger partial charge in [0.1, 0.15) is 0 Å². The highest BCUT2D eigenvalue weighted by Crippen LogP contribution is 2.37. The average molecular weight is 217 g/mol. The average Bonchev–Trinajstić information content (AvgIpc) is 2.88. The van der Waals surface area contributed by atoms with Gasteiger partial charge in [-0.2, -0.15) is 0 Å². The number of nitrogens with zero attached hydrogens (tertiary/aromatic N) is 1. The Labute approximate surface area is 96.6 Å². The fourth-order valence-corrected chi connectivity index (χ4v) is 2.75. The number of rotatable bonds is 2. The predicted molar refractivity (Wildman–Crippen MR) is 63.6 cm³/mol. The Hall–Kier alpha value is -1.05. The summed E-state index contributed by atoms with van der Waals surface area (Å²) >= 11 is 0. The van der Waals surface area contributed by atoms with Crippen molar-refractivity contribution in [3.8, 4) is 0 Å². The molecular weight excluding hydrogens is 198 g/mol. The maximum atomic E-state index is 12.0. The predicted octanol–water partition coefficient (Wildman–Crippen LogP) is 3.05. The van der Waals surface area contributed by atoms with Crippen molar-refractivity contribution in [3.63, 3.8) is 0 Å². The Morgan fingerprint density at radius 1 is 1.38 bits per heavy atom. The zero-order valence-corrected chi connectivity index (χ0v) is 10.1. The topological polar surface area (TPSA) is 22.0 Å². The standard InChI is InChI=1S/C14H19NO/c1-14(2)7-12-11(13(16)8-14)5-6-15(12)9-10-3-4-10/h5-6,10H,3-4,7-9H2,1-2H3. The second-order valence-electron chi connectivity index (χ2n) is 6.21. The first-order valence-corrected chi connectivity index (χ1v) is 6.26. The lowest BCUT2D eigenvalue weighted by molar-refractivity contribution is 0.0910. The summed E-state index contributed by atoms with van der Waals surface area (Å²) in [6.45, 7) is 5.52. The summed E-state index contributed by atoms with van der Waals surface area (Å²) in [4.78, 5) is 12.0. The van der Waals surface area contributed by atoms with E-state index in [1.54, 1.807) is 0 Å². The molecule has 0 aromatic carbocycles. The molecule has 0 aliphatic heterocycles. The molecular formula is C14H19NO. The van der Waals surface area contributed by atoms with Crippen molar-refractivity contribution in [1.82, 2.24) is 4.57 Å². The van der Waals surface area contributed by atoms with E-state index < -0.39 is 0 Å². The quantitative estimate of drug-likeness (QED) is 0.746. The van der Waals surface area contributed by atoms with Crippen LogP contribution in [0.1, 0.15) is 49.2 Å². The highest BCUT2D eigenvalue weighted by Gasteiger charge is 2.33. The third-order valence-electron chi connectivity index (χ3n) is 3.82. The molecule has 0 N–H and O–H groups in total. The van der Waals surface area contributed by atoms with Gasteiger partial charge in [0.25, 0.3) is 0 Å². The van der Waals surface area contributed by atoms with Crippen molar-refractivity contribution >= 4 is 5.78 Å². The molecule has 1 aromatic heterocycles. The molecule has 1 fully saturated rings. The fourth-order valence-electron chi connectivity index (χ4n) is 2.75. The van der Waals surface area contributed by atoms with E-state index in [4.69, 9.17) is 0 Å². The molecule has 1 saturated carbocycles. The molecule has 0 unspecified atom stereocenters. The van der Waals surface area contributed by atoms with Gasteiger partial charge in [-0.15, -0.1) is 0 Å². The first kappa shape index (κ1) is 10.1. The van der Waals surface area contributed by atoms with Crippen LogP contribution in [0, 0.1) is 11.3 Å². The molecule has 1 aromatic rings. The fraction of sp³-hybridized carbons (Fsp3) is 0.643. The molecule has 2 nitrogen and oxygen atoms in total. The van der Waals surface area contributed by atoms with Crippen LogP contribution < -0.4 is 0 Å². The number of ketones is 1. The van der Waals surface area contributed by atoms with E-state index in [-0.39, 0.29) is 5.41 Å². The van der Waals surface area contributed by atoms with Crippen molar-refractivity contribution < 1.29 is 4.79 Å². The van der Waals surface area contributed by atoms with Crippen molar-refractivity contribution in [3.05, 3.63) is 23.5 Å². The van der Waals surface area contributed by atoms with E-state index in [9.17, 15) is 4.79 Å². The van der Waals surface area contributed by atoms with Gasteiger partial charge in [0.05, 0.1) is 0 Å². The van der Waals surface area contributed by atoms with E-state index in [1.807, 2.05) is 6.07 Å². The lowest BCUT2D eigenvalue weighted by Gasteiger charge is -2.29. The van der Waals surface area contributed by atoms with Gasteiger partial charge in [-0.05, 0) is 36.7 Å². The maximum absolute atomic E-state index is 12.0. The number of Topliss-reactive ketones (excluding diaryl/α,β-unsaturated/α-hetero) is 1. The Morgan fingerprint density at radius 2 is 2.12 bits per heavy atom. The third-order valence-corrected chi connectivity index (χ3v) is 3.82. The largest absolute Gasteiger partial charge is 0.350 e. The van der Waals surface area contributed by atoms with Crippen LogP contribution in [-0.4, -0.2) is 10.4 Å². The number of carbonyl (C=O) groups excluding carboxylic acids is 1. The first-order chi connectivity index (χ1) is 7.55. The van der Waals surface area contributed by atoms with E-state index >= 15 is 0 Å². The van der Waals surface area contributed by atoms with Crippen LogP contribution >= 0.6 is 0 Å². The molecule has 0 spiro atoms. The summed E-state index contributed by atoms with van der Waals surface area (Å²) in [6, 6.07) is 2.02. The zero-order chi connectivity index (χ0) is 11.3. The molecule has 0 bridgehead atoms. The summed E-state index contributed by atoms with van der Waals surface area (Å²) in [7, 11) is 0. The Balaban J connectivity index is 1.95. The van der Waals surface area contributed by atoms with Gasteiger partial charge in [-0.25, -0.2) is 0 Å². The van der Waals surface area contributed by atoms with E-state index in [0.29, 0.717) is 12.2 Å². The van der Waals surface area contributed by atoms with Gasteiger partial charge in [0.2, 0.25) is 0 Å². The van der Waals surface area contributed by atoms with Crippen molar-refractivity contribution in [2.24, 2.45) is 11.3 Å². The van der Waals surface area contributed by atoms with Crippen LogP contribution in [0.15, 0.2) is 12.3 Å². The molecule has 0 saturated heterocycles. The summed E-state index contributed by atoms with van der Waals surface area (Å²) in [5.74, 6) is 1.21. The molecule has 0 atom stereocenters. The minimum atomic E-state index is 0.143. The van der Waals surface area contributed by atoms with Gasteiger partial charge in [-0.1, -0.05) is 13.8 Å². The zero-order valence-electron chi connectivity index (χ0n) is 10.1. The molecule has 16 heavy (non-hydrogen) atoms. The van der Waals surface area contributed by atoms with E-state index in [2.05, 4.69) is 24.6 Å². The van der Waals surface area contributed by atoms with E-state index in [0.717, 1.165) is 24.4 Å². The molecule has 3 rings (SSSR count). The monoisotopic (exact) mass is 217 g/mol. The normalized spacial score (nSPS) is 23.2. The second-order valence-corrected chi connectivity index (χ2v) is 6.21. The molecule has 2 heteroatoms. The second kappa shape index (κ2) is 3.22. The van der Waals surface area contributed by atoms with Gasteiger partial charge in [0.15, 0.2) is 5.78 Å². The van der Waals surface area contributed by atoms with Crippen LogP contribution in [0.5, 0.6) is 0 Å². The molecule has 0 amide bonds. The van der Waals surface area contributed by atoms with Crippen LogP contribution in [-0.2, 0) is 13.0 Å². The minimum Gasteiger partial charge on any atom is -0.350 e.